The van der Waals surface area contributed by atoms with E-state index in [-0.39, 0.29) is 12.5 Å². The van der Waals surface area contributed by atoms with Crippen molar-refractivity contribution in [3.05, 3.63) is 29.8 Å². The number of carbonyl (C=O) groups excluding carboxylic acids is 1. The van der Waals surface area contributed by atoms with Crippen LogP contribution in [0.25, 0.3) is 0 Å². The van der Waals surface area contributed by atoms with Crippen LogP contribution < -0.4 is 10.6 Å². The first-order valence-electron chi connectivity index (χ1n) is 6.34. The number of anilines is 1. The van der Waals surface area contributed by atoms with E-state index in [2.05, 4.69) is 10.6 Å². The molecule has 0 spiro atoms. The molecule has 0 aromatic heterocycles. The molecule has 0 bridgehead atoms. The van der Waals surface area contributed by atoms with Gasteiger partial charge in [0.25, 0.3) is 0 Å². The van der Waals surface area contributed by atoms with Gasteiger partial charge < -0.3 is 10.4 Å². The van der Waals surface area contributed by atoms with Gasteiger partial charge in [-0.25, -0.2) is 0 Å². The second-order valence-electron chi connectivity index (χ2n) is 4.84. The Morgan fingerprint density at radius 3 is 2.70 bits per heavy atom. The lowest BCUT2D eigenvalue weighted by Crippen LogP contribution is -2.58. The summed E-state index contributed by atoms with van der Waals surface area (Å²) in [5.74, 6) is -1.24. The number of hydrogen-bond acceptors (Lipinski definition) is 4. The van der Waals surface area contributed by atoms with Crippen molar-refractivity contribution in [3.63, 3.8) is 0 Å². The third kappa shape index (κ3) is 2.95. The molecule has 0 atom stereocenters. The number of nitrogens with one attached hydrogen (secondary N) is 2. The van der Waals surface area contributed by atoms with Gasteiger partial charge in [-0.05, 0) is 37.5 Å². The molecule has 1 fully saturated rings. The highest BCUT2D eigenvalue weighted by Gasteiger charge is 2.44. The molecule has 0 saturated heterocycles. The standard InChI is InChI=1S/C14H15N3O3/c15-8-10-3-1-4-11(7-10)17-12(18)9-16-14(13(19)20)5-2-6-14/h1,3-4,7,16H,2,5-6,9H2,(H,17,18)(H,19,20). The Morgan fingerprint density at radius 1 is 1.40 bits per heavy atom. The van der Waals surface area contributed by atoms with E-state index in [0.717, 1.165) is 6.42 Å². The van der Waals surface area contributed by atoms with Gasteiger partial charge in [0.15, 0.2) is 0 Å². The van der Waals surface area contributed by atoms with E-state index >= 15 is 0 Å². The smallest absolute Gasteiger partial charge is 0.323 e. The summed E-state index contributed by atoms with van der Waals surface area (Å²) in [4.78, 5) is 22.9. The van der Waals surface area contributed by atoms with E-state index in [9.17, 15) is 9.59 Å². The van der Waals surface area contributed by atoms with Crippen LogP contribution >= 0.6 is 0 Å². The quantitative estimate of drug-likeness (QED) is 0.745. The van der Waals surface area contributed by atoms with Gasteiger partial charge in [0.1, 0.15) is 5.54 Å². The number of carboxylic acids is 1. The molecule has 0 heterocycles. The number of rotatable bonds is 5. The zero-order valence-electron chi connectivity index (χ0n) is 10.8. The van der Waals surface area contributed by atoms with Crippen LogP contribution in [-0.4, -0.2) is 29.1 Å². The minimum Gasteiger partial charge on any atom is -0.480 e. The number of carboxylic acid groups (broad SMARTS) is 1. The summed E-state index contributed by atoms with van der Waals surface area (Å²) < 4.78 is 0. The molecular weight excluding hydrogens is 258 g/mol. The molecule has 20 heavy (non-hydrogen) atoms. The molecule has 6 heteroatoms. The fourth-order valence-corrected chi connectivity index (χ4v) is 2.12. The Morgan fingerprint density at radius 2 is 2.15 bits per heavy atom. The second-order valence-corrected chi connectivity index (χ2v) is 4.84. The number of carbonyl (C=O) groups is 2. The third-order valence-electron chi connectivity index (χ3n) is 3.48. The molecule has 1 aromatic rings. The maximum Gasteiger partial charge on any atom is 0.323 e. The molecule has 1 aromatic carbocycles. The first-order chi connectivity index (χ1) is 9.55. The predicted octanol–water partition coefficient (Wildman–Crippen LogP) is 1.09. The molecule has 104 valence electrons. The van der Waals surface area contributed by atoms with E-state index in [1.807, 2.05) is 6.07 Å². The van der Waals surface area contributed by atoms with E-state index < -0.39 is 11.5 Å². The van der Waals surface area contributed by atoms with Crippen LogP contribution in [-0.2, 0) is 9.59 Å². The van der Waals surface area contributed by atoms with Crippen LogP contribution in [0.15, 0.2) is 24.3 Å². The summed E-state index contributed by atoms with van der Waals surface area (Å²) >= 11 is 0. The van der Waals surface area contributed by atoms with Gasteiger partial charge in [-0.3, -0.25) is 14.9 Å². The van der Waals surface area contributed by atoms with Crippen LogP contribution in [0.3, 0.4) is 0 Å². The average Bonchev–Trinajstić information content (AvgIpc) is 2.37. The first kappa shape index (κ1) is 14.0. The fraction of sp³-hybridized carbons (Fsp3) is 0.357. The van der Waals surface area contributed by atoms with Crippen molar-refractivity contribution < 1.29 is 14.7 Å². The Kier molecular flexibility index (Phi) is 4.01. The van der Waals surface area contributed by atoms with Crippen molar-refractivity contribution in [2.24, 2.45) is 0 Å². The van der Waals surface area contributed by atoms with E-state index in [1.54, 1.807) is 24.3 Å². The van der Waals surface area contributed by atoms with Crippen LogP contribution in [0.5, 0.6) is 0 Å². The number of benzene rings is 1. The summed E-state index contributed by atoms with van der Waals surface area (Å²) in [5, 5.41) is 23.3. The van der Waals surface area contributed by atoms with Crippen LogP contribution in [0.1, 0.15) is 24.8 Å². The van der Waals surface area contributed by atoms with E-state index in [4.69, 9.17) is 10.4 Å². The Labute approximate surface area is 116 Å². The van der Waals surface area contributed by atoms with Gasteiger partial charge in [-0.2, -0.15) is 5.26 Å². The van der Waals surface area contributed by atoms with Gasteiger partial charge in [0.05, 0.1) is 18.2 Å². The molecule has 1 aliphatic rings. The van der Waals surface area contributed by atoms with Crippen molar-refractivity contribution in [3.8, 4) is 6.07 Å². The molecule has 0 unspecified atom stereocenters. The predicted molar refractivity (Wildman–Crippen MR) is 72.0 cm³/mol. The molecule has 1 amide bonds. The lowest BCUT2D eigenvalue weighted by Gasteiger charge is -2.38. The summed E-state index contributed by atoms with van der Waals surface area (Å²) in [6, 6.07) is 8.54. The lowest BCUT2D eigenvalue weighted by molar-refractivity contribution is -0.148. The largest absolute Gasteiger partial charge is 0.480 e. The average molecular weight is 273 g/mol. The highest BCUT2D eigenvalue weighted by molar-refractivity contribution is 5.93. The lowest BCUT2D eigenvalue weighted by atomic mass is 9.77. The van der Waals surface area contributed by atoms with Gasteiger partial charge >= 0.3 is 5.97 Å². The van der Waals surface area contributed by atoms with Crippen molar-refractivity contribution >= 4 is 17.6 Å². The molecule has 0 radical (unpaired) electrons. The van der Waals surface area contributed by atoms with Crippen molar-refractivity contribution in [1.82, 2.24) is 5.32 Å². The number of amides is 1. The van der Waals surface area contributed by atoms with Crippen LogP contribution in [0.2, 0.25) is 0 Å². The normalized spacial score (nSPS) is 15.8. The molecular formula is C14H15N3O3. The molecule has 2 rings (SSSR count). The Hall–Kier alpha value is -2.39. The van der Waals surface area contributed by atoms with Gasteiger partial charge in [-0.15, -0.1) is 0 Å². The van der Waals surface area contributed by atoms with Crippen molar-refractivity contribution in [1.29, 1.82) is 5.26 Å². The summed E-state index contributed by atoms with van der Waals surface area (Å²) in [7, 11) is 0. The molecule has 3 N–H and O–H groups in total. The monoisotopic (exact) mass is 273 g/mol. The number of aliphatic carboxylic acids is 1. The first-order valence-corrected chi connectivity index (χ1v) is 6.34. The van der Waals surface area contributed by atoms with Crippen molar-refractivity contribution in [2.75, 3.05) is 11.9 Å². The minimum absolute atomic E-state index is 0.0664. The Bertz CT molecular complexity index is 573. The molecule has 6 nitrogen and oxygen atoms in total. The summed E-state index contributed by atoms with van der Waals surface area (Å²) in [5.41, 5.74) is 0.0249. The van der Waals surface area contributed by atoms with Crippen LogP contribution in [0, 0.1) is 11.3 Å². The maximum atomic E-state index is 11.8. The number of hydrogen-bond donors (Lipinski definition) is 3. The molecule has 1 aliphatic carbocycles. The minimum atomic E-state index is -0.953. The van der Waals surface area contributed by atoms with Crippen LogP contribution in [0.4, 0.5) is 5.69 Å². The highest BCUT2D eigenvalue weighted by Crippen LogP contribution is 2.31. The van der Waals surface area contributed by atoms with Gasteiger partial charge in [0, 0.05) is 5.69 Å². The third-order valence-corrected chi connectivity index (χ3v) is 3.48. The zero-order chi connectivity index (χ0) is 14.6. The Balaban J connectivity index is 1.89. The number of nitrogens with zero attached hydrogens (tertiary/aromatic N) is 1. The number of nitriles is 1. The topological polar surface area (TPSA) is 102 Å². The molecule has 1 saturated carbocycles. The zero-order valence-corrected chi connectivity index (χ0v) is 10.8. The maximum absolute atomic E-state index is 11.8. The van der Waals surface area contributed by atoms with E-state index in [1.165, 1.54) is 0 Å². The highest BCUT2D eigenvalue weighted by atomic mass is 16.4. The summed E-state index contributed by atoms with van der Waals surface area (Å²) in [6.45, 7) is -0.0664. The second kappa shape index (κ2) is 5.72. The SMILES string of the molecule is N#Cc1cccc(NC(=O)CNC2(C(=O)O)CCC2)c1. The van der Waals surface area contributed by atoms with Gasteiger partial charge in [-0.1, -0.05) is 6.07 Å². The van der Waals surface area contributed by atoms with Gasteiger partial charge in [0.2, 0.25) is 5.91 Å². The summed E-state index contributed by atoms with van der Waals surface area (Å²) in [6.07, 6.45) is 1.93. The fourth-order valence-electron chi connectivity index (χ4n) is 2.12. The molecule has 0 aliphatic heterocycles. The van der Waals surface area contributed by atoms with Crippen molar-refractivity contribution in [2.45, 2.75) is 24.8 Å². The van der Waals surface area contributed by atoms with E-state index in [0.29, 0.717) is 24.1 Å².